The molecule has 2 rings (SSSR count). The molecule has 1 heterocycles. The molecule has 6 nitrogen and oxygen atoms in total. The lowest BCUT2D eigenvalue weighted by molar-refractivity contribution is 0.0697. The molecule has 0 radical (unpaired) electrons. The van der Waals surface area contributed by atoms with Gasteiger partial charge in [-0.25, -0.2) is 9.18 Å². The van der Waals surface area contributed by atoms with E-state index in [9.17, 15) is 9.18 Å². The van der Waals surface area contributed by atoms with Crippen molar-refractivity contribution in [3.63, 3.8) is 0 Å². The lowest BCUT2D eigenvalue weighted by atomic mass is 10.1. The van der Waals surface area contributed by atoms with Gasteiger partial charge in [-0.1, -0.05) is 5.16 Å². The first-order valence-electron chi connectivity index (χ1n) is 5.19. The van der Waals surface area contributed by atoms with Gasteiger partial charge in [0.2, 0.25) is 6.39 Å². The van der Waals surface area contributed by atoms with Crippen LogP contribution in [0.25, 0.3) is 0 Å². The van der Waals surface area contributed by atoms with Gasteiger partial charge in [-0.05, 0) is 18.2 Å². The van der Waals surface area contributed by atoms with Crippen LogP contribution < -0.4 is 5.32 Å². The molecule has 0 bridgehead atoms. The number of carbonyl (C=O) groups is 1. The number of nitrogens with zero attached hydrogens (tertiary/aromatic N) is 2. The van der Waals surface area contributed by atoms with Gasteiger partial charge in [0.1, 0.15) is 5.82 Å². The van der Waals surface area contributed by atoms with Crippen molar-refractivity contribution in [2.75, 3.05) is 11.9 Å². The Morgan fingerprint density at radius 2 is 2.33 bits per heavy atom. The first-order valence-corrected chi connectivity index (χ1v) is 5.19. The van der Waals surface area contributed by atoms with E-state index in [1.54, 1.807) is 0 Å². The fourth-order valence-electron chi connectivity index (χ4n) is 1.46. The summed E-state index contributed by atoms with van der Waals surface area (Å²) in [6, 6.07) is 3.55. The maximum atomic E-state index is 12.9. The lowest BCUT2D eigenvalue weighted by Gasteiger charge is -2.08. The van der Waals surface area contributed by atoms with E-state index in [-0.39, 0.29) is 5.56 Å². The van der Waals surface area contributed by atoms with Crippen molar-refractivity contribution >= 4 is 11.7 Å². The number of halogens is 1. The maximum Gasteiger partial charge on any atom is 0.337 e. The molecule has 0 aliphatic rings. The summed E-state index contributed by atoms with van der Waals surface area (Å²) in [5.41, 5.74) is 0.246. The first-order chi connectivity index (χ1) is 8.66. The predicted octanol–water partition coefficient (Wildman–Crippen LogP) is 1.56. The highest BCUT2D eigenvalue weighted by Crippen LogP contribution is 2.16. The van der Waals surface area contributed by atoms with Crippen molar-refractivity contribution in [1.29, 1.82) is 0 Å². The van der Waals surface area contributed by atoms with E-state index in [0.29, 0.717) is 24.5 Å². The Balaban J connectivity index is 2.02. The Hall–Kier alpha value is -2.44. The third kappa shape index (κ3) is 2.82. The third-order valence-corrected chi connectivity index (χ3v) is 2.28. The molecule has 7 heteroatoms. The molecule has 0 amide bonds. The van der Waals surface area contributed by atoms with Crippen molar-refractivity contribution in [3.05, 3.63) is 41.8 Å². The number of hydrogen-bond acceptors (Lipinski definition) is 5. The van der Waals surface area contributed by atoms with E-state index in [4.69, 9.17) is 5.11 Å². The Kier molecular flexibility index (Phi) is 3.52. The van der Waals surface area contributed by atoms with Crippen LogP contribution in [0.2, 0.25) is 0 Å². The summed E-state index contributed by atoms with van der Waals surface area (Å²) in [6.45, 7) is 0.422. The second-order valence-corrected chi connectivity index (χ2v) is 3.52. The molecule has 0 spiro atoms. The molecule has 1 aromatic carbocycles. The summed E-state index contributed by atoms with van der Waals surface area (Å²) in [5, 5.41) is 15.4. The van der Waals surface area contributed by atoms with Crippen LogP contribution in [0.15, 0.2) is 29.1 Å². The Morgan fingerprint density at radius 3 is 3.00 bits per heavy atom. The quantitative estimate of drug-likeness (QED) is 0.838. The standard InChI is InChI=1S/C11H10FN3O3/c12-7-1-2-9(8(5-7)11(16)17)13-4-3-10-14-6-18-15-10/h1-2,5-6,13H,3-4H2,(H,16,17). The molecule has 2 N–H and O–H groups in total. The van der Waals surface area contributed by atoms with Gasteiger partial charge < -0.3 is 14.9 Å². The average molecular weight is 251 g/mol. The smallest absolute Gasteiger partial charge is 0.337 e. The van der Waals surface area contributed by atoms with Gasteiger partial charge in [-0.3, -0.25) is 0 Å². The maximum absolute atomic E-state index is 12.9. The van der Waals surface area contributed by atoms with Crippen LogP contribution in [0.5, 0.6) is 0 Å². The molecule has 0 atom stereocenters. The lowest BCUT2D eigenvalue weighted by Crippen LogP contribution is -2.10. The predicted molar refractivity (Wildman–Crippen MR) is 59.9 cm³/mol. The molecule has 0 aliphatic heterocycles. The number of rotatable bonds is 5. The van der Waals surface area contributed by atoms with Crippen molar-refractivity contribution in [2.45, 2.75) is 6.42 Å². The number of aromatic nitrogens is 2. The van der Waals surface area contributed by atoms with Crippen molar-refractivity contribution in [2.24, 2.45) is 0 Å². The van der Waals surface area contributed by atoms with Crippen molar-refractivity contribution in [3.8, 4) is 0 Å². The topological polar surface area (TPSA) is 88.2 Å². The van der Waals surface area contributed by atoms with Crippen LogP contribution in [-0.4, -0.2) is 27.8 Å². The minimum absolute atomic E-state index is 0.108. The van der Waals surface area contributed by atoms with E-state index in [0.717, 1.165) is 6.07 Å². The van der Waals surface area contributed by atoms with E-state index in [2.05, 4.69) is 20.0 Å². The highest BCUT2D eigenvalue weighted by atomic mass is 19.1. The summed E-state index contributed by atoms with van der Waals surface area (Å²) in [6.07, 6.45) is 1.70. The molecule has 2 aromatic rings. The second-order valence-electron chi connectivity index (χ2n) is 3.52. The van der Waals surface area contributed by atoms with Gasteiger partial charge in [-0.15, -0.1) is 0 Å². The Labute approximate surface area is 101 Å². The number of carboxylic acid groups (broad SMARTS) is 1. The number of benzene rings is 1. The number of nitrogens with one attached hydrogen (secondary N) is 1. The first kappa shape index (κ1) is 12.0. The van der Waals surface area contributed by atoms with E-state index in [1.165, 1.54) is 18.5 Å². The number of aromatic carboxylic acids is 1. The van der Waals surface area contributed by atoms with Gasteiger partial charge in [0, 0.05) is 18.7 Å². The molecule has 94 valence electrons. The zero-order chi connectivity index (χ0) is 13.0. The minimum Gasteiger partial charge on any atom is -0.478 e. The monoisotopic (exact) mass is 251 g/mol. The molecule has 0 saturated carbocycles. The number of hydrogen-bond donors (Lipinski definition) is 2. The molecular formula is C11H10FN3O3. The van der Waals surface area contributed by atoms with Crippen molar-refractivity contribution in [1.82, 2.24) is 10.1 Å². The van der Waals surface area contributed by atoms with Crippen LogP contribution in [0, 0.1) is 5.82 Å². The third-order valence-electron chi connectivity index (χ3n) is 2.28. The fraction of sp³-hybridized carbons (Fsp3) is 0.182. The summed E-state index contributed by atoms with van der Waals surface area (Å²) >= 11 is 0. The zero-order valence-corrected chi connectivity index (χ0v) is 9.26. The van der Waals surface area contributed by atoms with Gasteiger partial charge >= 0.3 is 5.97 Å². The fourth-order valence-corrected chi connectivity index (χ4v) is 1.46. The Morgan fingerprint density at radius 1 is 1.50 bits per heavy atom. The summed E-state index contributed by atoms with van der Waals surface area (Å²) in [4.78, 5) is 14.7. The Bertz CT molecular complexity index is 542. The van der Waals surface area contributed by atoms with Crippen molar-refractivity contribution < 1.29 is 18.8 Å². The highest BCUT2D eigenvalue weighted by molar-refractivity contribution is 5.94. The van der Waals surface area contributed by atoms with Crippen LogP contribution in [0.4, 0.5) is 10.1 Å². The van der Waals surface area contributed by atoms with Gasteiger partial charge in [-0.2, -0.15) is 4.98 Å². The van der Waals surface area contributed by atoms with Crippen LogP contribution in [0.1, 0.15) is 16.2 Å². The highest BCUT2D eigenvalue weighted by Gasteiger charge is 2.11. The molecule has 1 aromatic heterocycles. The molecule has 0 unspecified atom stereocenters. The van der Waals surface area contributed by atoms with E-state index >= 15 is 0 Å². The van der Waals surface area contributed by atoms with Gasteiger partial charge in [0.15, 0.2) is 5.82 Å². The minimum atomic E-state index is -1.18. The molecule has 18 heavy (non-hydrogen) atoms. The summed E-state index contributed by atoms with van der Waals surface area (Å²) in [5.74, 6) is -1.26. The summed E-state index contributed by atoms with van der Waals surface area (Å²) < 4.78 is 17.5. The number of anilines is 1. The average Bonchev–Trinajstić information content (AvgIpc) is 2.84. The molecule has 0 saturated heterocycles. The molecular weight excluding hydrogens is 241 g/mol. The van der Waals surface area contributed by atoms with E-state index in [1.807, 2.05) is 0 Å². The number of carboxylic acids is 1. The zero-order valence-electron chi connectivity index (χ0n) is 9.26. The molecule has 0 fully saturated rings. The van der Waals surface area contributed by atoms with Gasteiger partial charge in [0.05, 0.1) is 5.56 Å². The SMILES string of the molecule is O=C(O)c1cc(F)ccc1NCCc1ncon1. The summed E-state index contributed by atoms with van der Waals surface area (Å²) in [7, 11) is 0. The van der Waals surface area contributed by atoms with Crippen LogP contribution in [0.3, 0.4) is 0 Å². The van der Waals surface area contributed by atoms with E-state index < -0.39 is 11.8 Å². The molecule has 0 aliphatic carbocycles. The second kappa shape index (κ2) is 5.26. The van der Waals surface area contributed by atoms with Gasteiger partial charge in [0.25, 0.3) is 0 Å². The van der Waals surface area contributed by atoms with Crippen LogP contribution >= 0.6 is 0 Å². The largest absolute Gasteiger partial charge is 0.478 e. The van der Waals surface area contributed by atoms with Crippen LogP contribution in [-0.2, 0) is 6.42 Å². The normalized spacial score (nSPS) is 10.3.